The van der Waals surface area contributed by atoms with Gasteiger partial charge in [0, 0.05) is 44.3 Å². The summed E-state index contributed by atoms with van der Waals surface area (Å²) >= 11 is 6.32. The van der Waals surface area contributed by atoms with Crippen LogP contribution in [0.25, 0.3) is 0 Å². The molecule has 2 heterocycles. The molecule has 0 radical (unpaired) electrons. The number of hydrogen-bond donors (Lipinski definition) is 0. The van der Waals surface area contributed by atoms with E-state index in [0.717, 1.165) is 44.9 Å². The monoisotopic (exact) mass is 383 g/mol. The average Bonchev–Trinajstić information content (AvgIpc) is 2.66. The van der Waals surface area contributed by atoms with Gasteiger partial charge >= 0.3 is 0 Å². The molecule has 0 aromatic heterocycles. The highest BCUT2D eigenvalue weighted by Crippen LogP contribution is 2.32. The Balaban J connectivity index is 1.54. The molecule has 2 aliphatic heterocycles. The number of halogens is 2. The molecule has 6 heteroatoms. The third-order valence-corrected chi connectivity index (χ3v) is 6.59. The van der Waals surface area contributed by atoms with Crippen LogP contribution in [0.5, 0.6) is 5.75 Å². The van der Waals surface area contributed by atoms with Crippen molar-refractivity contribution in [3.63, 3.8) is 0 Å². The van der Waals surface area contributed by atoms with E-state index in [0.29, 0.717) is 28.9 Å². The Kier molecular flexibility index (Phi) is 6.78. The topological polar surface area (TPSA) is 19.0 Å². The Bertz CT molecular complexity index is 599. The Morgan fingerprint density at radius 2 is 1.81 bits per heavy atom. The fourth-order valence-corrected chi connectivity index (χ4v) is 4.51. The minimum atomic E-state index is -0.247. The van der Waals surface area contributed by atoms with Crippen molar-refractivity contribution in [2.24, 2.45) is 5.92 Å². The van der Waals surface area contributed by atoms with Crippen LogP contribution < -0.4 is 4.74 Å². The average molecular weight is 384 g/mol. The van der Waals surface area contributed by atoms with Gasteiger partial charge in [0.1, 0.15) is 11.6 Å². The van der Waals surface area contributed by atoms with E-state index in [1.807, 2.05) is 0 Å². The second kappa shape index (κ2) is 8.87. The highest BCUT2D eigenvalue weighted by molar-refractivity contribution is 6.32. The molecule has 0 N–H and O–H groups in total. The van der Waals surface area contributed by atoms with E-state index in [-0.39, 0.29) is 5.82 Å². The normalized spacial score (nSPS) is 22.5. The van der Waals surface area contributed by atoms with Gasteiger partial charge in [-0.2, -0.15) is 0 Å². The summed E-state index contributed by atoms with van der Waals surface area (Å²) in [5.41, 5.74) is 0.552. The number of piperidine rings is 1. The largest absolute Gasteiger partial charge is 0.495 e. The van der Waals surface area contributed by atoms with Gasteiger partial charge in [0.15, 0.2) is 0 Å². The molecule has 0 aliphatic carbocycles. The zero-order valence-electron chi connectivity index (χ0n) is 16.2. The molecule has 0 spiro atoms. The molecular formula is C20H31ClFN3O. The van der Waals surface area contributed by atoms with Crippen LogP contribution in [0.3, 0.4) is 0 Å². The van der Waals surface area contributed by atoms with Gasteiger partial charge in [-0.1, -0.05) is 11.6 Å². The SMILES string of the molecule is COc1ccc(F)c(CN2CCC([C@@H](C)N3CCN(C)CC3)CC2)c1Cl. The lowest BCUT2D eigenvalue weighted by Crippen LogP contribution is -2.51. The molecule has 1 aromatic carbocycles. The number of ether oxygens (including phenoxy) is 1. The van der Waals surface area contributed by atoms with Crippen LogP contribution in [0.1, 0.15) is 25.3 Å². The van der Waals surface area contributed by atoms with Gasteiger partial charge < -0.3 is 9.64 Å². The molecular weight excluding hydrogens is 353 g/mol. The number of likely N-dealkylation sites (tertiary alicyclic amines) is 1. The first-order valence-electron chi connectivity index (χ1n) is 9.65. The molecule has 0 bridgehead atoms. The number of methoxy groups -OCH3 is 1. The molecule has 2 saturated heterocycles. The zero-order valence-corrected chi connectivity index (χ0v) is 16.9. The summed E-state index contributed by atoms with van der Waals surface area (Å²) in [4.78, 5) is 7.36. The first-order chi connectivity index (χ1) is 12.5. The molecule has 0 unspecified atom stereocenters. The molecule has 2 aliphatic rings. The lowest BCUT2D eigenvalue weighted by Gasteiger charge is -2.42. The predicted molar refractivity (Wildman–Crippen MR) is 104 cm³/mol. The first-order valence-corrected chi connectivity index (χ1v) is 10.0. The zero-order chi connectivity index (χ0) is 18.7. The van der Waals surface area contributed by atoms with Gasteiger partial charge in [-0.25, -0.2) is 4.39 Å². The van der Waals surface area contributed by atoms with Gasteiger partial charge in [0.05, 0.1) is 12.1 Å². The van der Waals surface area contributed by atoms with Crippen molar-refractivity contribution in [1.29, 1.82) is 0 Å². The van der Waals surface area contributed by atoms with E-state index in [1.54, 1.807) is 13.2 Å². The molecule has 1 atom stereocenters. The summed E-state index contributed by atoms with van der Waals surface area (Å²) in [6.45, 7) is 9.59. The van der Waals surface area contributed by atoms with Crippen LogP contribution in [-0.4, -0.2) is 74.2 Å². The maximum atomic E-state index is 14.2. The van der Waals surface area contributed by atoms with Crippen LogP contribution in [0.4, 0.5) is 4.39 Å². The van der Waals surface area contributed by atoms with Gasteiger partial charge in [-0.3, -0.25) is 9.80 Å². The maximum absolute atomic E-state index is 14.2. The number of hydrogen-bond acceptors (Lipinski definition) is 4. The van der Waals surface area contributed by atoms with Crippen molar-refractivity contribution in [1.82, 2.24) is 14.7 Å². The lowest BCUT2D eigenvalue weighted by molar-refractivity contribution is 0.0596. The Morgan fingerprint density at radius 3 is 2.42 bits per heavy atom. The highest BCUT2D eigenvalue weighted by Gasteiger charge is 2.29. The molecule has 146 valence electrons. The van der Waals surface area contributed by atoms with E-state index in [1.165, 1.54) is 19.2 Å². The summed E-state index contributed by atoms with van der Waals surface area (Å²) in [6.07, 6.45) is 2.33. The van der Waals surface area contributed by atoms with Crippen molar-refractivity contribution in [3.05, 3.63) is 28.5 Å². The third kappa shape index (κ3) is 4.50. The van der Waals surface area contributed by atoms with Crippen LogP contribution >= 0.6 is 11.6 Å². The van der Waals surface area contributed by atoms with Crippen molar-refractivity contribution in [2.75, 3.05) is 53.4 Å². The van der Waals surface area contributed by atoms with Crippen LogP contribution in [0.15, 0.2) is 12.1 Å². The quantitative estimate of drug-likeness (QED) is 0.776. The van der Waals surface area contributed by atoms with E-state index >= 15 is 0 Å². The molecule has 3 rings (SSSR count). The summed E-state index contributed by atoms with van der Waals surface area (Å²) in [5.74, 6) is 1.02. The molecule has 0 amide bonds. The highest BCUT2D eigenvalue weighted by atomic mass is 35.5. The Morgan fingerprint density at radius 1 is 1.15 bits per heavy atom. The minimum Gasteiger partial charge on any atom is -0.495 e. The molecule has 2 fully saturated rings. The van der Waals surface area contributed by atoms with Gasteiger partial charge in [-0.15, -0.1) is 0 Å². The number of piperazine rings is 1. The number of rotatable bonds is 5. The van der Waals surface area contributed by atoms with Crippen LogP contribution in [0, 0.1) is 11.7 Å². The van der Waals surface area contributed by atoms with Crippen molar-refractivity contribution < 1.29 is 9.13 Å². The van der Waals surface area contributed by atoms with Crippen molar-refractivity contribution >= 4 is 11.6 Å². The van der Waals surface area contributed by atoms with E-state index < -0.39 is 0 Å². The second-order valence-corrected chi connectivity index (χ2v) is 8.11. The number of likely N-dealkylation sites (N-methyl/N-ethyl adjacent to an activating group) is 1. The van der Waals surface area contributed by atoms with Gasteiger partial charge in [-0.05, 0) is 58.0 Å². The lowest BCUT2D eigenvalue weighted by atomic mass is 9.89. The minimum absolute atomic E-state index is 0.247. The number of nitrogens with zero attached hydrogens (tertiary/aromatic N) is 3. The Hall–Kier alpha value is -0.880. The van der Waals surface area contributed by atoms with E-state index in [2.05, 4.69) is 28.7 Å². The molecule has 26 heavy (non-hydrogen) atoms. The molecule has 1 aromatic rings. The van der Waals surface area contributed by atoms with Crippen molar-refractivity contribution in [2.45, 2.75) is 32.4 Å². The Labute approximate surface area is 161 Å². The summed E-state index contributed by atoms with van der Waals surface area (Å²) < 4.78 is 19.5. The van der Waals surface area contributed by atoms with Crippen LogP contribution in [0.2, 0.25) is 5.02 Å². The number of benzene rings is 1. The fraction of sp³-hybridized carbons (Fsp3) is 0.700. The van der Waals surface area contributed by atoms with Gasteiger partial charge in [0.2, 0.25) is 0 Å². The third-order valence-electron chi connectivity index (χ3n) is 6.18. The van der Waals surface area contributed by atoms with E-state index in [9.17, 15) is 4.39 Å². The van der Waals surface area contributed by atoms with Gasteiger partial charge in [0.25, 0.3) is 0 Å². The van der Waals surface area contributed by atoms with Crippen molar-refractivity contribution in [3.8, 4) is 5.75 Å². The second-order valence-electron chi connectivity index (χ2n) is 7.74. The summed E-state index contributed by atoms with van der Waals surface area (Å²) in [7, 11) is 3.76. The maximum Gasteiger partial charge on any atom is 0.137 e. The fourth-order valence-electron chi connectivity index (χ4n) is 4.22. The smallest absolute Gasteiger partial charge is 0.137 e. The van der Waals surface area contributed by atoms with Crippen LogP contribution in [-0.2, 0) is 6.54 Å². The van der Waals surface area contributed by atoms with E-state index in [4.69, 9.17) is 16.3 Å². The summed E-state index contributed by atoms with van der Waals surface area (Å²) in [5, 5.41) is 0.403. The molecule has 4 nitrogen and oxygen atoms in total. The standard InChI is InChI=1S/C20H31ClFN3O/c1-15(25-12-10-23(2)11-13-25)16-6-8-24(9-7-16)14-17-18(22)4-5-19(26-3)20(17)21/h4-5,15-16H,6-14H2,1-3H3/t15-/m1/s1. The predicted octanol–water partition coefficient (Wildman–Crippen LogP) is 3.34. The first kappa shape index (κ1) is 19.9. The molecule has 0 saturated carbocycles. The summed E-state index contributed by atoms with van der Waals surface area (Å²) in [6, 6.07) is 3.66.